The molecule has 5 nitrogen and oxygen atoms in total. The summed E-state index contributed by atoms with van der Waals surface area (Å²) in [5.74, 6) is -0.965. The highest BCUT2D eigenvalue weighted by molar-refractivity contribution is 9.10. The number of anilines is 1. The molecule has 1 fully saturated rings. The normalized spacial score (nSPS) is 22.3. The first-order valence-corrected chi connectivity index (χ1v) is 6.81. The third-order valence-electron chi connectivity index (χ3n) is 3.46. The maximum Gasteiger partial charge on any atom is 0.329 e. The van der Waals surface area contributed by atoms with Gasteiger partial charge in [-0.1, -0.05) is 12.1 Å². The van der Waals surface area contributed by atoms with Crippen LogP contribution in [0.1, 0.15) is 19.8 Å². The lowest BCUT2D eigenvalue weighted by molar-refractivity contribution is -0.146. The number of carboxylic acid groups (broad SMARTS) is 1. The molecule has 1 aromatic carbocycles. The number of rotatable bonds is 2. The first-order chi connectivity index (χ1) is 8.95. The zero-order valence-corrected chi connectivity index (χ0v) is 12.1. The maximum absolute atomic E-state index is 12.2. The number of carboxylic acids is 1. The van der Waals surface area contributed by atoms with Crippen molar-refractivity contribution in [2.24, 2.45) is 0 Å². The monoisotopic (exact) mass is 326 g/mol. The largest absolute Gasteiger partial charge is 0.480 e. The molecule has 0 bridgehead atoms. The number of amides is 2. The fourth-order valence-electron chi connectivity index (χ4n) is 2.26. The summed E-state index contributed by atoms with van der Waals surface area (Å²) in [6, 6.07) is 6.85. The van der Waals surface area contributed by atoms with Gasteiger partial charge in [0.15, 0.2) is 0 Å². The Labute approximate surface area is 119 Å². The molecule has 1 unspecified atom stereocenters. The van der Waals surface area contributed by atoms with Crippen molar-refractivity contribution in [3.05, 3.63) is 28.7 Å². The van der Waals surface area contributed by atoms with Gasteiger partial charge in [0, 0.05) is 11.0 Å². The van der Waals surface area contributed by atoms with E-state index in [2.05, 4.69) is 21.2 Å². The van der Waals surface area contributed by atoms with E-state index in [4.69, 9.17) is 0 Å². The number of urea groups is 1. The van der Waals surface area contributed by atoms with Gasteiger partial charge in [-0.25, -0.2) is 9.59 Å². The number of likely N-dealkylation sites (tertiary alicyclic amines) is 1. The van der Waals surface area contributed by atoms with Crippen molar-refractivity contribution >= 4 is 33.6 Å². The minimum Gasteiger partial charge on any atom is -0.480 e. The molecule has 2 N–H and O–H groups in total. The molecule has 0 spiro atoms. The Hall–Kier alpha value is -1.56. The Morgan fingerprint density at radius 3 is 2.74 bits per heavy atom. The molecule has 0 aliphatic carbocycles. The number of nitrogens with one attached hydrogen (secondary N) is 1. The number of carbonyl (C=O) groups excluding carboxylic acids is 1. The van der Waals surface area contributed by atoms with E-state index in [0.717, 1.165) is 4.47 Å². The lowest BCUT2D eigenvalue weighted by Gasteiger charge is -2.31. The second kappa shape index (κ2) is 5.21. The van der Waals surface area contributed by atoms with Crippen LogP contribution in [0.5, 0.6) is 0 Å². The van der Waals surface area contributed by atoms with Gasteiger partial charge in [0.2, 0.25) is 0 Å². The summed E-state index contributed by atoms with van der Waals surface area (Å²) >= 11 is 3.34. The van der Waals surface area contributed by atoms with Crippen LogP contribution in [0.3, 0.4) is 0 Å². The van der Waals surface area contributed by atoms with Crippen LogP contribution in [0.15, 0.2) is 28.7 Å². The SMILES string of the molecule is CC1(C(=O)O)CCCN1C(=O)Nc1ccccc1Br. The van der Waals surface area contributed by atoms with Crippen molar-refractivity contribution in [3.63, 3.8) is 0 Å². The minimum absolute atomic E-state index is 0.380. The molecule has 1 aromatic rings. The lowest BCUT2D eigenvalue weighted by Crippen LogP contribution is -2.52. The fourth-order valence-corrected chi connectivity index (χ4v) is 2.64. The van der Waals surface area contributed by atoms with Crippen LogP contribution in [-0.4, -0.2) is 34.1 Å². The summed E-state index contributed by atoms with van der Waals surface area (Å²) in [6.45, 7) is 2.04. The Morgan fingerprint density at radius 1 is 1.42 bits per heavy atom. The van der Waals surface area contributed by atoms with Gasteiger partial charge in [-0.2, -0.15) is 0 Å². The predicted molar refractivity (Wildman–Crippen MR) is 75.1 cm³/mol. The van der Waals surface area contributed by atoms with Crippen molar-refractivity contribution in [3.8, 4) is 0 Å². The molecule has 1 heterocycles. The summed E-state index contributed by atoms with van der Waals surface area (Å²) in [5, 5.41) is 12.0. The number of nitrogens with zero attached hydrogens (tertiary/aromatic N) is 1. The van der Waals surface area contributed by atoms with Gasteiger partial charge in [0.25, 0.3) is 0 Å². The standard InChI is InChI=1S/C13H15BrN2O3/c1-13(11(17)18)7-4-8-16(13)12(19)15-10-6-3-2-5-9(10)14/h2-3,5-6H,4,7-8H2,1H3,(H,15,19)(H,17,18). The van der Waals surface area contributed by atoms with E-state index in [1.807, 2.05) is 12.1 Å². The van der Waals surface area contributed by atoms with Gasteiger partial charge >= 0.3 is 12.0 Å². The number of halogens is 1. The van der Waals surface area contributed by atoms with Crippen LogP contribution >= 0.6 is 15.9 Å². The second-order valence-corrected chi connectivity index (χ2v) is 5.60. The first-order valence-electron chi connectivity index (χ1n) is 6.02. The topological polar surface area (TPSA) is 69.6 Å². The van der Waals surface area contributed by atoms with Crippen molar-refractivity contribution in [2.75, 3.05) is 11.9 Å². The van der Waals surface area contributed by atoms with Gasteiger partial charge in [-0.3, -0.25) is 0 Å². The molecule has 2 amide bonds. The van der Waals surface area contributed by atoms with E-state index in [9.17, 15) is 14.7 Å². The molecule has 0 radical (unpaired) electrons. The van der Waals surface area contributed by atoms with Crippen LogP contribution in [0.2, 0.25) is 0 Å². The molecular weight excluding hydrogens is 312 g/mol. The summed E-state index contributed by atoms with van der Waals surface area (Å²) < 4.78 is 0.763. The molecule has 1 atom stereocenters. The quantitative estimate of drug-likeness (QED) is 0.877. The lowest BCUT2D eigenvalue weighted by atomic mass is 10.00. The third kappa shape index (κ3) is 2.58. The summed E-state index contributed by atoms with van der Waals surface area (Å²) in [4.78, 5) is 24.9. The highest BCUT2D eigenvalue weighted by Gasteiger charge is 2.46. The number of carbonyl (C=O) groups is 2. The summed E-state index contributed by atoms with van der Waals surface area (Å²) in [5.41, 5.74) is -0.488. The predicted octanol–water partition coefficient (Wildman–Crippen LogP) is 2.92. The number of para-hydroxylation sites is 1. The van der Waals surface area contributed by atoms with Crippen LogP contribution in [0.4, 0.5) is 10.5 Å². The van der Waals surface area contributed by atoms with Gasteiger partial charge in [0.05, 0.1) is 5.69 Å². The molecule has 1 saturated heterocycles. The molecular formula is C13H15BrN2O3. The Bertz CT molecular complexity index is 520. The average molecular weight is 327 g/mol. The minimum atomic E-state index is -1.12. The third-order valence-corrected chi connectivity index (χ3v) is 4.15. The van der Waals surface area contributed by atoms with Crippen molar-refractivity contribution < 1.29 is 14.7 Å². The van der Waals surface area contributed by atoms with Crippen molar-refractivity contribution in [1.29, 1.82) is 0 Å². The molecule has 6 heteroatoms. The summed E-state index contributed by atoms with van der Waals surface area (Å²) in [7, 11) is 0. The molecule has 0 saturated carbocycles. The van der Waals surface area contributed by atoms with E-state index in [-0.39, 0.29) is 6.03 Å². The highest BCUT2D eigenvalue weighted by atomic mass is 79.9. The molecule has 102 valence electrons. The van der Waals surface area contributed by atoms with Crippen LogP contribution < -0.4 is 5.32 Å². The van der Waals surface area contributed by atoms with Gasteiger partial charge in [0.1, 0.15) is 5.54 Å². The zero-order chi connectivity index (χ0) is 14.0. The molecule has 0 aromatic heterocycles. The van der Waals surface area contributed by atoms with E-state index >= 15 is 0 Å². The number of hydrogen-bond acceptors (Lipinski definition) is 2. The molecule has 1 aliphatic rings. The van der Waals surface area contributed by atoms with Gasteiger partial charge in [-0.15, -0.1) is 0 Å². The van der Waals surface area contributed by atoms with Gasteiger partial charge < -0.3 is 15.3 Å². The van der Waals surface area contributed by atoms with Gasteiger partial charge in [-0.05, 0) is 47.8 Å². The number of hydrogen-bond donors (Lipinski definition) is 2. The average Bonchev–Trinajstić information content (AvgIpc) is 2.76. The second-order valence-electron chi connectivity index (χ2n) is 4.74. The fraction of sp³-hybridized carbons (Fsp3) is 0.385. The number of aliphatic carboxylic acids is 1. The van der Waals surface area contributed by atoms with Crippen LogP contribution in [0, 0.1) is 0 Å². The Kier molecular flexibility index (Phi) is 3.80. The first kappa shape index (κ1) is 13.9. The van der Waals surface area contributed by atoms with E-state index in [1.54, 1.807) is 19.1 Å². The van der Waals surface area contributed by atoms with Crippen molar-refractivity contribution in [2.45, 2.75) is 25.3 Å². The molecule has 1 aliphatic heterocycles. The molecule has 2 rings (SSSR count). The highest BCUT2D eigenvalue weighted by Crippen LogP contribution is 2.30. The maximum atomic E-state index is 12.2. The molecule has 19 heavy (non-hydrogen) atoms. The zero-order valence-electron chi connectivity index (χ0n) is 10.5. The van der Waals surface area contributed by atoms with Crippen molar-refractivity contribution in [1.82, 2.24) is 4.90 Å². The summed E-state index contributed by atoms with van der Waals surface area (Å²) in [6.07, 6.45) is 1.18. The number of benzene rings is 1. The van der Waals surface area contributed by atoms with Crippen LogP contribution in [-0.2, 0) is 4.79 Å². The van der Waals surface area contributed by atoms with E-state index < -0.39 is 11.5 Å². The van der Waals surface area contributed by atoms with E-state index in [0.29, 0.717) is 25.1 Å². The van der Waals surface area contributed by atoms with E-state index in [1.165, 1.54) is 4.90 Å². The van der Waals surface area contributed by atoms with Crippen LogP contribution in [0.25, 0.3) is 0 Å². The smallest absolute Gasteiger partial charge is 0.329 e. The Balaban J connectivity index is 2.17. The Morgan fingerprint density at radius 2 is 2.11 bits per heavy atom.